The van der Waals surface area contributed by atoms with E-state index >= 15 is 0 Å². The van der Waals surface area contributed by atoms with Gasteiger partial charge in [-0.1, -0.05) is 128 Å². The summed E-state index contributed by atoms with van der Waals surface area (Å²) in [5, 5.41) is 9.59. The van der Waals surface area contributed by atoms with Crippen molar-refractivity contribution in [3.63, 3.8) is 0 Å². The van der Waals surface area contributed by atoms with Gasteiger partial charge in [0.15, 0.2) is 0 Å². The van der Waals surface area contributed by atoms with E-state index in [2.05, 4.69) is 134 Å². The Bertz CT molecular complexity index is 2700. The number of hydrogen-bond acceptors (Lipinski definition) is 2. The first-order chi connectivity index (χ1) is 23.2. The maximum Gasteiger partial charge on any atom is 0.136 e. The van der Waals surface area contributed by atoms with Gasteiger partial charge in [-0.15, -0.1) is 0 Å². The van der Waals surface area contributed by atoms with Gasteiger partial charge in [0, 0.05) is 27.5 Å². The molecule has 0 bridgehead atoms. The predicted octanol–water partition coefficient (Wildman–Crippen LogP) is 12.8. The Balaban J connectivity index is 1.22. The largest absolute Gasteiger partial charge is 0.456 e. The maximum atomic E-state index is 6.44. The molecule has 2 aromatic heterocycles. The molecule has 2 nitrogen and oxygen atoms in total. The number of fused-ring (bicyclic) bond motifs is 9. The van der Waals surface area contributed by atoms with Crippen LogP contribution in [0.15, 0.2) is 161 Å². The van der Waals surface area contributed by atoms with Crippen LogP contribution in [0, 0.1) is 5.92 Å². The Labute approximate surface area is 271 Å². The molecule has 2 heteroatoms. The lowest BCUT2D eigenvalue weighted by molar-refractivity contribution is 0.645. The van der Waals surface area contributed by atoms with Crippen molar-refractivity contribution in [2.45, 2.75) is 12.8 Å². The molecule has 10 rings (SSSR count). The monoisotopic (exact) mass is 602 g/mol. The van der Waals surface area contributed by atoms with Crippen molar-refractivity contribution in [2.24, 2.45) is 5.92 Å². The molecule has 2 heterocycles. The fourth-order valence-corrected chi connectivity index (χ4v) is 8.08. The lowest BCUT2D eigenvalue weighted by Crippen LogP contribution is -2.10. The zero-order valence-corrected chi connectivity index (χ0v) is 25.9. The highest BCUT2D eigenvalue weighted by Crippen LogP contribution is 2.47. The molecule has 0 aliphatic heterocycles. The number of benzene rings is 7. The molecule has 222 valence electrons. The lowest BCUT2D eigenvalue weighted by Gasteiger charge is -2.28. The smallest absolute Gasteiger partial charge is 0.136 e. The normalized spacial score (nSPS) is 16.7. The van der Waals surface area contributed by atoms with Gasteiger partial charge in [-0.2, -0.15) is 0 Å². The fourth-order valence-electron chi connectivity index (χ4n) is 8.08. The van der Waals surface area contributed by atoms with E-state index in [1.54, 1.807) is 0 Å². The van der Waals surface area contributed by atoms with Crippen LogP contribution in [0.5, 0.6) is 0 Å². The lowest BCUT2D eigenvalue weighted by atomic mass is 9.76. The SMILES string of the molecule is CC1C=C(c2ccccc2)C=CC1c1c2ccccc2c(-c2ccc3oc4ccc5oc6ccccc6c5c4c3c2)c2ccccc12. The van der Waals surface area contributed by atoms with Gasteiger partial charge in [0.1, 0.15) is 22.3 Å². The molecule has 47 heavy (non-hydrogen) atoms. The first kappa shape index (κ1) is 26.4. The van der Waals surface area contributed by atoms with Crippen molar-refractivity contribution in [3.05, 3.63) is 163 Å². The van der Waals surface area contributed by atoms with E-state index in [4.69, 9.17) is 8.83 Å². The van der Waals surface area contributed by atoms with Crippen LogP contribution in [0.3, 0.4) is 0 Å². The zero-order chi connectivity index (χ0) is 31.1. The van der Waals surface area contributed by atoms with E-state index in [0.717, 1.165) is 43.9 Å². The molecule has 2 atom stereocenters. The van der Waals surface area contributed by atoms with Crippen molar-refractivity contribution in [1.82, 2.24) is 0 Å². The van der Waals surface area contributed by atoms with E-state index in [-0.39, 0.29) is 5.92 Å². The Morgan fingerprint density at radius 3 is 1.70 bits per heavy atom. The van der Waals surface area contributed by atoms with E-state index in [1.807, 2.05) is 24.3 Å². The summed E-state index contributed by atoms with van der Waals surface area (Å²) in [6.07, 6.45) is 7.18. The summed E-state index contributed by atoms with van der Waals surface area (Å²) >= 11 is 0. The average Bonchev–Trinajstić information content (AvgIpc) is 3.69. The van der Waals surface area contributed by atoms with E-state index in [0.29, 0.717) is 5.92 Å². The summed E-state index contributed by atoms with van der Waals surface area (Å²) in [6.45, 7) is 2.35. The molecule has 7 aromatic carbocycles. The highest BCUT2D eigenvalue weighted by Gasteiger charge is 2.26. The van der Waals surface area contributed by atoms with Gasteiger partial charge in [-0.25, -0.2) is 0 Å². The molecule has 1 aliphatic rings. The second-order valence-electron chi connectivity index (χ2n) is 12.8. The van der Waals surface area contributed by atoms with Crippen LogP contribution >= 0.6 is 0 Å². The molecule has 0 N–H and O–H groups in total. The minimum Gasteiger partial charge on any atom is -0.456 e. The number of rotatable bonds is 3. The van der Waals surface area contributed by atoms with Crippen LogP contribution in [-0.4, -0.2) is 0 Å². The third-order valence-corrected chi connectivity index (χ3v) is 10.2. The van der Waals surface area contributed by atoms with Crippen molar-refractivity contribution >= 4 is 71.0 Å². The molecular formula is C45H30O2. The van der Waals surface area contributed by atoms with Crippen LogP contribution in [0.25, 0.3) is 82.1 Å². The third kappa shape index (κ3) is 3.91. The summed E-state index contributed by atoms with van der Waals surface area (Å²) in [5.74, 6) is 0.600. The number of para-hydroxylation sites is 1. The average molecular weight is 603 g/mol. The first-order valence-electron chi connectivity index (χ1n) is 16.4. The van der Waals surface area contributed by atoms with E-state index < -0.39 is 0 Å². The standard InChI is InChI=1S/C45H30O2/c1-27-25-29(28-11-3-2-4-12-28)19-21-31(27)43-34-15-7-5-13-32(34)42(33-14-6-8-16-35(33)43)30-20-22-39-37(26-30)45-41(47-39)24-23-40-44(45)36-17-9-10-18-38(36)46-40/h2-27,31H,1H3. The van der Waals surface area contributed by atoms with Gasteiger partial charge in [0.05, 0.1) is 0 Å². The molecule has 0 radical (unpaired) electrons. The van der Waals surface area contributed by atoms with Gasteiger partial charge in [0.25, 0.3) is 0 Å². The summed E-state index contributed by atoms with van der Waals surface area (Å²) < 4.78 is 12.7. The Kier molecular flexibility index (Phi) is 5.65. The molecule has 0 amide bonds. The summed E-state index contributed by atoms with van der Waals surface area (Å²) in [5.41, 5.74) is 9.93. The van der Waals surface area contributed by atoms with E-state index in [1.165, 1.54) is 49.4 Å². The molecule has 0 fully saturated rings. The summed E-state index contributed by atoms with van der Waals surface area (Å²) in [7, 11) is 0. The quantitative estimate of drug-likeness (QED) is 0.188. The van der Waals surface area contributed by atoms with Crippen molar-refractivity contribution in [1.29, 1.82) is 0 Å². The Morgan fingerprint density at radius 2 is 1.02 bits per heavy atom. The highest BCUT2D eigenvalue weighted by molar-refractivity contribution is 6.26. The van der Waals surface area contributed by atoms with Gasteiger partial charge >= 0.3 is 0 Å². The molecule has 0 saturated heterocycles. The third-order valence-electron chi connectivity index (χ3n) is 10.2. The van der Waals surface area contributed by atoms with Gasteiger partial charge in [-0.05, 0) is 85.6 Å². The Hall–Kier alpha value is -5.86. The fraction of sp³-hybridized carbons (Fsp3) is 0.0667. The van der Waals surface area contributed by atoms with Crippen molar-refractivity contribution in [3.8, 4) is 11.1 Å². The molecule has 1 aliphatic carbocycles. The van der Waals surface area contributed by atoms with Gasteiger partial charge < -0.3 is 8.83 Å². The minimum absolute atomic E-state index is 0.259. The van der Waals surface area contributed by atoms with Crippen LogP contribution in [-0.2, 0) is 0 Å². The second-order valence-corrected chi connectivity index (χ2v) is 12.8. The van der Waals surface area contributed by atoms with Crippen LogP contribution in [0.2, 0.25) is 0 Å². The molecular weight excluding hydrogens is 572 g/mol. The first-order valence-corrected chi connectivity index (χ1v) is 16.4. The second kappa shape index (κ2) is 10.1. The molecule has 2 unspecified atom stereocenters. The van der Waals surface area contributed by atoms with Gasteiger partial charge in [-0.3, -0.25) is 0 Å². The Morgan fingerprint density at radius 1 is 0.468 bits per heavy atom. The topological polar surface area (TPSA) is 26.3 Å². The van der Waals surface area contributed by atoms with Crippen LogP contribution in [0.4, 0.5) is 0 Å². The zero-order valence-electron chi connectivity index (χ0n) is 25.9. The molecule has 0 spiro atoms. The van der Waals surface area contributed by atoms with Crippen molar-refractivity contribution in [2.75, 3.05) is 0 Å². The number of hydrogen-bond donors (Lipinski definition) is 0. The number of furan rings is 2. The van der Waals surface area contributed by atoms with Crippen molar-refractivity contribution < 1.29 is 8.83 Å². The van der Waals surface area contributed by atoms with Crippen LogP contribution < -0.4 is 0 Å². The molecule has 9 aromatic rings. The van der Waals surface area contributed by atoms with E-state index in [9.17, 15) is 0 Å². The predicted molar refractivity (Wildman–Crippen MR) is 197 cm³/mol. The highest BCUT2D eigenvalue weighted by atomic mass is 16.3. The maximum absolute atomic E-state index is 6.44. The minimum atomic E-state index is 0.259. The van der Waals surface area contributed by atoms with Gasteiger partial charge in [0.2, 0.25) is 0 Å². The van der Waals surface area contributed by atoms with Crippen LogP contribution in [0.1, 0.15) is 24.0 Å². The summed E-state index contributed by atoms with van der Waals surface area (Å²) in [6, 6.07) is 47.6. The molecule has 0 saturated carbocycles. The number of allylic oxidation sites excluding steroid dienone is 4. The summed E-state index contributed by atoms with van der Waals surface area (Å²) in [4.78, 5) is 0.